The molecule has 1 atom stereocenters. The minimum absolute atomic E-state index is 0.0232. The highest BCUT2D eigenvalue weighted by Gasteiger charge is 2.49. The molecule has 4 aliphatic heterocycles. The molecule has 2 aliphatic carbocycles. The van der Waals surface area contributed by atoms with Crippen molar-refractivity contribution in [2.75, 3.05) is 80.4 Å². The molecule has 0 radical (unpaired) electrons. The number of halogens is 3. The zero-order valence-electron chi connectivity index (χ0n) is 37.4. The SMILES string of the molecule is COc1cc(C(=O)NC2CCC(N3CCN(CCNc4cccc5c4C(=O)N(C4CCC(=O)NC4=O)C5=O)CC3)CC2)c(F)cc1Nc1ncc2c(n1)N(C1CCCC1)CC(F)(F)C(=O)N2C. The second-order valence-electron chi connectivity index (χ2n) is 18.2. The van der Waals surface area contributed by atoms with Crippen molar-refractivity contribution in [3.05, 3.63) is 59.0 Å². The highest BCUT2D eigenvalue weighted by atomic mass is 19.3. The zero-order valence-corrected chi connectivity index (χ0v) is 37.4. The highest BCUT2D eigenvalue weighted by molar-refractivity contribution is 6.25. The molecule has 2 aromatic carbocycles. The summed E-state index contributed by atoms with van der Waals surface area (Å²) in [6.45, 7) is 3.83. The Hall–Kier alpha value is -6.35. The van der Waals surface area contributed by atoms with Crippen LogP contribution in [-0.4, -0.2) is 150 Å². The fourth-order valence-electron chi connectivity index (χ4n) is 10.4. The van der Waals surface area contributed by atoms with Gasteiger partial charge in [-0.05, 0) is 63.1 Å². The molecule has 4 N–H and O–H groups in total. The number of piperidine rings is 1. The van der Waals surface area contributed by atoms with Crippen LogP contribution >= 0.6 is 0 Å². The smallest absolute Gasteiger partial charge is 0.342 e. The molecule has 2 saturated heterocycles. The maximum absolute atomic E-state index is 15.7. The Morgan fingerprint density at radius 3 is 2.39 bits per heavy atom. The average Bonchev–Trinajstić information content (AvgIpc) is 3.93. The number of benzene rings is 2. The molecule has 6 amide bonds. The van der Waals surface area contributed by atoms with Crippen molar-refractivity contribution in [1.29, 1.82) is 0 Å². The maximum Gasteiger partial charge on any atom is 0.342 e. The number of rotatable bonds is 12. The Morgan fingerprint density at radius 2 is 1.67 bits per heavy atom. The van der Waals surface area contributed by atoms with E-state index in [0.717, 1.165) is 80.6 Å². The first-order valence-corrected chi connectivity index (χ1v) is 23.0. The Kier molecular flexibility index (Phi) is 12.8. The number of ether oxygens (including phenoxy) is 1. The molecule has 9 rings (SSSR count). The third-order valence-electron chi connectivity index (χ3n) is 14.1. The van der Waals surface area contributed by atoms with Crippen molar-refractivity contribution in [3.8, 4) is 5.75 Å². The minimum atomic E-state index is -3.64. The van der Waals surface area contributed by atoms with E-state index in [9.17, 15) is 28.8 Å². The first-order valence-electron chi connectivity index (χ1n) is 23.0. The van der Waals surface area contributed by atoms with Crippen LogP contribution in [0.2, 0.25) is 0 Å². The van der Waals surface area contributed by atoms with Gasteiger partial charge < -0.3 is 30.5 Å². The predicted molar refractivity (Wildman–Crippen MR) is 239 cm³/mol. The van der Waals surface area contributed by atoms with E-state index in [2.05, 4.69) is 41.0 Å². The van der Waals surface area contributed by atoms with Crippen LogP contribution in [0, 0.1) is 5.82 Å². The standard InChI is InChI=1S/C46H54F3N11O7/c1-56-35-24-51-45(55-39(35)59(28-6-3-4-7-28)25-46(48,49)44(56)66)53-33-23-31(47)30(22-36(33)67-2)40(62)52-26-10-12-27(13-11-26)58-20-18-57(19-21-58)17-16-50-32-9-5-8-29-38(32)43(65)60(42(29)64)34-14-15-37(61)54-41(34)63/h5,8-9,22-24,26-28,34,50H,3-4,6-7,10-21,25H2,1-2H3,(H,52,62)(H,51,53,55)(H,54,61,63). The van der Waals surface area contributed by atoms with Crippen molar-refractivity contribution in [1.82, 2.24) is 35.3 Å². The third-order valence-corrected chi connectivity index (χ3v) is 14.1. The van der Waals surface area contributed by atoms with Gasteiger partial charge in [0.05, 0.1) is 42.2 Å². The summed E-state index contributed by atoms with van der Waals surface area (Å²) in [5.74, 6) is -8.23. The second kappa shape index (κ2) is 18.7. The molecule has 4 fully saturated rings. The van der Waals surface area contributed by atoms with Crippen molar-refractivity contribution in [3.63, 3.8) is 0 Å². The molecule has 2 saturated carbocycles. The Balaban J connectivity index is 0.750. The summed E-state index contributed by atoms with van der Waals surface area (Å²) in [5.41, 5.74) is 1.06. The lowest BCUT2D eigenvalue weighted by atomic mass is 9.89. The van der Waals surface area contributed by atoms with Gasteiger partial charge in [0.1, 0.15) is 23.3 Å². The molecule has 3 aromatic rings. The van der Waals surface area contributed by atoms with Crippen LogP contribution in [0.5, 0.6) is 5.75 Å². The zero-order chi connectivity index (χ0) is 47.1. The fraction of sp³-hybridized carbons (Fsp3) is 0.522. The lowest BCUT2D eigenvalue weighted by molar-refractivity contribution is -0.140. The van der Waals surface area contributed by atoms with E-state index in [1.54, 1.807) is 18.2 Å². The van der Waals surface area contributed by atoms with E-state index >= 15 is 13.2 Å². The Morgan fingerprint density at radius 1 is 0.925 bits per heavy atom. The van der Waals surface area contributed by atoms with Crippen LogP contribution in [0.1, 0.15) is 95.3 Å². The van der Waals surface area contributed by atoms with Gasteiger partial charge in [-0.25, -0.2) is 9.37 Å². The quantitative estimate of drug-likeness (QED) is 0.191. The number of nitrogens with one attached hydrogen (secondary N) is 4. The van der Waals surface area contributed by atoms with Crippen molar-refractivity contribution < 1.29 is 46.7 Å². The summed E-state index contributed by atoms with van der Waals surface area (Å²) in [6.07, 6.45) is 7.72. The number of alkyl halides is 2. The number of hydrogen-bond acceptors (Lipinski definition) is 14. The van der Waals surface area contributed by atoms with Gasteiger partial charge in [-0.15, -0.1) is 0 Å². The van der Waals surface area contributed by atoms with E-state index in [4.69, 9.17) is 4.74 Å². The lowest BCUT2D eigenvalue weighted by Gasteiger charge is -2.42. The summed E-state index contributed by atoms with van der Waals surface area (Å²) in [5, 5.41) is 11.5. The van der Waals surface area contributed by atoms with E-state index < -0.39 is 59.8 Å². The Labute approximate surface area is 384 Å². The number of imide groups is 2. The van der Waals surface area contributed by atoms with Gasteiger partial charge >= 0.3 is 5.92 Å². The van der Waals surface area contributed by atoms with Gasteiger partial charge in [0, 0.05) is 82.6 Å². The van der Waals surface area contributed by atoms with Crippen LogP contribution in [0.15, 0.2) is 36.5 Å². The normalized spacial score (nSPS) is 23.7. The summed E-state index contributed by atoms with van der Waals surface area (Å²) < 4.78 is 51.4. The third kappa shape index (κ3) is 9.09. The molecule has 1 unspecified atom stereocenters. The number of piperazine rings is 1. The number of amides is 6. The molecule has 1 aromatic heterocycles. The molecule has 67 heavy (non-hydrogen) atoms. The molecular formula is C46H54F3N11O7. The summed E-state index contributed by atoms with van der Waals surface area (Å²) in [6, 6.07) is 6.37. The largest absolute Gasteiger partial charge is 0.495 e. The summed E-state index contributed by atoms with van der Waals surface area (Å²) in [4.78, 5) is 94.0. The summed E-state index contributed by atoms with van der Waals surface area (Å²) in [7, 11) is 2.65. The molecule has 356 valence electrons. The summed E-state index contributed by atoms with van der Waals surface area (Å²) >= 11 is 0. The number of aromatic nitrogens is 2. The number of carbonyl (C=O) groups is 6. The molecule has 18 nitrogen and oxygen atoms in total. The molecule has 5 heterocycles. The van der Waals surface area contributed by atoms with Crippen LogP contribution < -0.4 is 35.8 Å². The highest BCUT2D eigenvalue weighted by Crippen LogP contribution is 2.41. The minimum Gasteiger partial charge on any atom is -0.495 e. The fourth-order valence-corrected chi connectivity index (χ4v) is 10.4. The maximum atomic E-state index is 15.7. The number of fused-ring (bicyclic) bond motifs is 2. The topological polar surface area (TPSA) is 202 Å². The molecule has 0 spiro atoms. The van der Waals surface area contributed by atoms with E-state index in [1.807, 2.05) is 0 Å². The van der Waals surface area contributed by atoms with Crippen molar-refractivity contribution in [2.45, 2.75) is 94.3 Å². The van der Waals surface area contributed by atoms with Gasteiger partial charge in [0.2, 0.25) is 17.8 Å². The number of carbonyl (C=O) groups excluding carboxylic acids is 6. The molecule has 21 heteroatoms. The Bertz CT molecular complexity index is 2470. The van der Waals surface area contributed by atoms with Gasteiger partial charge in [-0.3, -0.25) is 48.8 Å². The van der Waals surface area contributed by atoms with E-state index in [0.29, 0.717) is 37.7 Å². The van der Waals surface area contributed by atoms with E-state index in [1.165, 1.54) is 31.3 Å². The molecule has 6 aliphatic rings. The van der Waals surface area contributed by atoms with Gasteiger partial charge in [0.25, 0.3) is 23.6 Å². The number of methoxy groups -OCH3 is 1. The first-order chi connectivity index (χ1) is 32.2. The van der Waals surface area contributed by atoms with Crippen LogP contribution in [0.3, 0.4) is 0 Å². The molecule has 0 bridgehead atoms. The second-order valence-corrected chi connectivity index (χ2v) is 18.2. The van der Waals surface area contributed by atoms with Crippen LogP contribution in [-0.2, 0) is 14.4 Å². The van der Waals surface area contributed by atoms with E-state index in [-0.39, 0.29) is 70.5 Å². The lowest BCUT2D eigenvalue weighted by Crippen LogP contribution is -2.54. The van der Waals surface area contributed by atoms with Crippen LogP contribution in [0.4, 0.5) is 42.0 Å². The molecular weight excluding hydrogens is 876 g/mol. The first kappa shape index (κ1) is 45.8. The monoisotopic (exact) mass is 929 g/mol. The predicted octanol–water partition coefficient (Wildman–Crippen LogP) is 3.90. The number of hydrogen-bond donors (Lipinski definition) is 4. The van der Waals surface area contributed by atoms with Crippen LogP contribution in [0.25, 0.3) is 0 Å². The van der Waals surface area contributed by atoms with Gasteiger partial charge in [-0.2, -0.15) is 13.8 Å². The number of anilines is 5. The number of nitrogens with zero attached hydrogens (tertiary/aromatic N) is 7. The van der Waals surface area contributed by atoms with Crippen molar-refractivity contribution >= 4 is 64.3 Å². The van der Waals surface area contributed by atoms with Gasteiger partial charge in [0.15, 0.2) is 5.82 Å². The van der Waals surface area contributed by atoms with Crippen molar-refractivity contribution in [2.24, 2.45) is 0 Å². The average molecular weight is 930 g/mol. The van der Waals surface area contributed by atoms with Gasteiger partial charge in [-0.1, -0.05) is 18.9 Å².